The van der Waals surface area contributed by atoms with Crippen LogP contribution in [0.1, 0.15) is 54.6 Å². The third-order valence-electron chi connectivity index (χ3n) is 5.44. The molecule has 0 saturated heterocycles. The van der Waals surface area contributed by atoms with Crippen LogP contribution in [0.25, 0.3) is 10.1 Å². The molecule has 1 aliphatic carbocycles. The molecule has 2 unspecified atom stereocenters. The van der Waals surface area contributed by atoms with E-state index in [4.69, 9.17) is 5.14 Å². The Labute approximate surface area is 191 Å². The first kappa shape index (κ1) is 23.6. The molecule has 7 heteroatoms. The van der Waals surface area contributed by atoms with E-state index in [1.807, 2.05) is 17.4 Å². The molecular formula is C24H31N3O2S2. The molecule has 1 fully saturated rings. The number of rotatable bonds is 7. The normalized spacial score (nSPS) is 15.8. The summed E-state index contributed by atoms with van der Waals surface area (Å²) in [6.45, 7) is 2.63. The molecule has 2 atom stereocenters. The Kier molecular flexibility index (Phi) is 9.21. The van der Waals surface area contributed by atoms with Crippen molar-refractivity contribution in [2.75, 3.05) is 12.3 Å². The molecule has 166 valence electrons. The molecule has 4 N–H and O–H groups in total. The zero-order valence-corrected chi connectivity index (χ0v) is 19.5. The van der Waals surface area contributed by atoms with E-state index >= 15 is 0 Å². The molecule has 5 nitrogen and oxygen atoms in total. The maximum atomic E-state index is 11.4. The van der Waals surface area contributed by atoms with Crippen molar-refractivity contribution in [3.05, 3.63) is 71.1 Å². The predicted molar refractivity (Wildman–Crippen MR) is 132 cm³/mol. The first-order chi connectivity index (χ1) is 15.0. The van der Waals surface area contributed by atoms with Crippen LogP contribution < -0.4 is 15.8 Å². The molecule has 1 saturated carbocycles. The van der Waals surface area contributed by atoms with Crippen molar-refractivity contribution in [3.8, 4) is 0 Å². The van der Waals surface area contributed by atoms with Gasteiger partial charge < -0.3 is 10.6 Å². The summed E-state index contributed by atoms with van der Waals surface area (Å²) < 4.78 is 11.9. The van der Waals surface area contributed by atoms with Gasteiger partial charge in [0.1, 0.15) is 0 Å². The maximum Gasteiger partial charge on any atom is 0.251 e. The molecule has 4 rings (SSSR count). The largest absolute Gasteiger partial charge is 0.351 e. The number of hydrogen-bond donors (Lipinski definition) is 3. The molecule has 0 bridgehead atoms. The number of thiophene rings is 1. The third kappa shape index (κ3) is 7.25. The van der Waals surface area contributed by atoms with Crippen LogP contribution in [-0.2, 0) is 11.0 Å². The van der Waals surface area contributed by atoms with Crippen LogP contribution in [0.4, 0.5) is 0 Å². The summed E-state index contributed by atoms with van der Waals surface area (Å²) in [6.07, 6.45) is 5.50. The topological polar surface area (TPSA) is 84.2 Å². The summed E-state index contributed by atoms with van der Waals surface area (Å²) in [5.41, 5.74) is 2.06. The Morgan fingerprint density at radius 2 is 1.81 bits per heavy atom. The van der Waals surface area contributed by atoms with Crippen molar-refractivity contribution in [2.45, 2.75) is 44.7 Å². The first-order valence-corrected chi connectivity index (χ1v) is 13.0. The minimum absolute atomic E-state index is 0.170. The number of benzene rings is 2. The number of carbonyl (C=O) groups excluding carboxylic acids is 1. The van der Waals surface area contributed by atoms with Crippen LogP contribution in [0.5, 0.6) is 0 Å². The molecule has 0 spiro atoms. The Morgan fingerprint density at radius 1 is 1.13 bits per heavy atom. The number of hydrogen-bond acceptors (Lipinski definition) is 4. The van der Waals surface area contributed by atoms with Crippen molar-refractivity contribution in [1.29, 1.82) is 0 Å². The van der Waals surface area contributed by atoms with Crippen molar-refractivity contribution < 1.29 is 9.00 Å². The van der Waals surface area contributed by atoms with Gasteiger partial charge in [-0.2, -0.15) is 0 Å². The molecule has 31 heavy (non-hydrogen) atoms. The zero-order valence-electron chi connectivity index (χ0n) is 17.9. The average molecular weight is 458 g/mol. The molecule has 3 aromatic rings. The highest BCUT2D eigenvalue weighted by atomic mass is 32.2. The molecular weight excluding hydrogens is 426 g/mol. The van der Waals surface area contributed by atoms with E-state index in [0.29, 0.717) is 18.2 Å². The highest BCUT2D eigenvalue weighted by molar-refractivity contribution is 7.82. The lowest BCUT2D eigenvalue weighted by Crippen LogP contribution is -2.29. The van der Waals surface area contributed by atoms with Gasteiger partial charge in [0.2, 0.25) is 0 Å². The van der Waals surface area contributed by atoms with E-state index in [9.17, 15) is 9.00 Å². The van der Waals surface area contributed by atoms with Gasteiger partial charge in [-0.05, 0) is 54.3 Å². The van der Waals surface area contributed by atoms with E-state index in [1.165, 1.54) is 41.3 Å². The molecule has 1 amide bonds. The molecule has 1 aliphatic rings. The lowest BCUT2D eigenvalue weighted by atomic mass is 10.1. The second-order valence-electron chi connectivity index (χ2n) is 7.76. The van der Waals surface area contributed by atoms with Gasteiger partial charge in [0.05, 0.1) is 16.7 Å². The fourth-order valence-electron chi connectivity index (χ4n) is 3.83. The van der Waals surface area contributed by atoms with E-state index in [1.54, 1.807) is 24.3 Å². The monoisotopic (exact) mass is 457 g/mol. The van der Waals surface area contributed by atoms with Crippen LogP contribution in [0, 0.1) is 0 Å². The fourth-order valence-corrected chi connectivity index (χ4v) is 5.18. The number of amides is 1. The van der Waals surface area contributed by atoms with Crippen molar-refractivity contribution in [3.63, 3.8) is 0 Å². The number of fused-ring (bicyclic) bond motifs is 1. The van der Waals surface area contributed by atoms with Crippen LogP contribution in [0.2, 0.25) is 0 Å². The van der Waals surface area contributed by atoms with Crippen LogP contribution in [0.15, 0.2) is 60.0 Å². The SMILES string of the molecule is CC(NC1CCCC1)c1csc2ccccc12.NS(=O)CCNC(=O)c1ccccc1. The van der Waals surface area contributed by atoms with Crippen LogP contribution in [-0.4, -0.2) is 28.5 Å². The highest BCUT2D eigenvalue weighted by Crippen LogP contribution is 2.31. The fraction of sp³-hybridized carbons (Fsp3) is 0.375. The van der Waals surface area contributed by atoms with E-state index in [-0.39, 0.29) is 11.7 Å². The van der Waals surface area contributed by atoms with E-state index < -0.39 is 11.0 Å². The molecule has 0 radical (unpaired) electrons. The van der Waals surface area contributed by atoms with Crippen molar-refractivity contribution in [2.24, 2.45) is 5.14 Å². The van der Waals surface area contributed by atoms with Crippen LogP contribution >= 0.6 is 11.3 Å². The number of carbonyl (C=O) groups is 1. The van der Waals surface area contributed by atoms with Gasteiger partial charge in [-0.3, -0.25) is 9.93 Å². The summed E-state index contributed by atoms with van der Waals surface area (Å²) in [5.74, 6) is 0.106. The maximum absolute atomic E-state index is 11.4. The molecule has 1 heterocycles. The first-order valence-electron chi connectivity index (χ1n) is 10.7. The Balaban J connectivity index is 0.000000180. The smallest absolute Gasteiger partial charge is 0.251 e. The summed E-state index contributed by atoms with van der Waals surface area (Å²) in [4.78, 5) is 11.4. The Hall–Kier alpha value is -2.06. The van der Waals surface area contributed by atoms with Gasteiger partial charge in [0, 0.05) is 28.9 Å². The Morgan fingerprint density at radius 3 is 2.52 bits per heavy atom. The average Bonchev–Trinajstić information content (AvgIpc) is 3.44. The van der Waals surface area contributed by atoms with Crippen molar-refractivity contribution >= 4 is 38.3 Å². The minimum atomic E-state index is -1.35. The quantitative estimate of drug-likeness (QED) is 0.487. The second-order valence-corrected chi connectivity index (χ2v) is 9.84. The van der Waals surface area contributed by atoms with Gasteiger partial charge in [-0.25, -0.2) is 4.21 Å². The standard InChI is InChI=1S/C15H19NS.C9H12N2O2S/c1-11(16-12-6-2-3-7-12)14-10-17-15-9-5-4-8-13(14)15;10-14(13)7-6-11-9(12)8-4-2-1-3-5-8/h4-5,8-12,16H,2-3,6-7H2,1H3;1-5H,6-7,10H2,(H,11,12). The Bertz CT molecular complexity index is 985. The number of nitrogens with two attached hydrogens (primary N) is 1. The lowest BCUT2D eigenvalue weighted by Gasteiger charge is -2.19. The summed E-state index contributed by atoms with van der Waals surface area (Å²) >= 11 is 1.86. The van der Waals surface area contributed by atoms with Gasteiger partial charge >= 0.3 is 0 Å². The van der Waals surface area contributed by atoms with Gasteiger partial charge in [0.15, 0.2) is 0 Å². The highest BCUT2D eigenvalue weighted by Gasteiger charge is 2.19. The molecule has 0 aliphatic heterocycles. The van der Waals surface area contributed by atoms with Gasteiger partial charge in [-0.15, -0.1) is 11.3 Å². The minimum Gasteiger partial charge on any atom is -0.351 e. The molecule has 1 aromatic heterocycles. The van der Waals surface area contributed by atoms with E-state index in [2.05, 4.69) is 47.2 Å². The van der Waals surface area contributed by atoms with Gasteiger partial charge in [-0.1, -0.05) is 49.2 Å². The zero-order chi connectivity index (χ0) is 22.1. The number of nitrogens with one attached hydrogen (secondary N) is 2. The summed E-state index contributed by atoms with van der Waals surface area (Å²) in [6, 6.07) is 18.8. The lowest BCUT2D eigenvalue weighted by molar-refractivity contribution is 0.0956. The predicted octanol–water partition coefficient (Wildman–Crippen LogP) is 4.53. The summed E-state index contributed by atoms with van der Waals surface area (Å²) in [7, 11) is -1.35. The van der Waals surface area contributed by atoms with Gasteiger partial charge in [0.25, 0.3) is 5.91 Å². The summed E-state index contributed by atoms with van der Waals surface area (Å²) in [5, 5.41) is 15.2. The molecule has 2 aromatic carbocycles. The second kappa shape index (κ2) is 12.1. The van der Waals surface area contributed by atoms with Crippen molar-refractivity contribution in [1.82, 2.24) is 10.6 Å². The van der Waals surface area contributed by atoms with Crippen LogP contribution in [0.3, 0.4) is 0 Å². The van der Waals surface area contributed by atoms with E-state index in [0.717, 1.165) is 6.04 Å². The third-order valence-corrected chi connectivity index (χ3v) is 7.03.